The Bertz CT molecular complexity index is 668. The van der Waals surface area contributed by atoms with Crippen LogP contribution in [0.4, 0.5) is 5.69 Å². The molecule has 118 valence electrons. The Kier molecular flexibility index (Phi) is 5.37. The third kappa shape index (κ3) is 3.96. The number of methoxy groups -OCH3 is 1. The largest absolute Gasteiger partial charge is 0.495 e. The van der Waals surface area contributed by atoms with Gasteiger partial charge in [-0.25, -0.2) is 4.98 Å². The molecule has 1 heterocycles. The molecule has 22 heavy (non-hydrogen) atoms. The lowest BCUT2D eigenvalue weighted by Crippen LogP contribution is -2.22. The van der Waals surface area contributed by atoms with Crippen LogP contribution in [0.3, 0.4) is 0 Å². The predicted molar refractivity (Wildman–Crippen MR) is 87.9 cm³/mol. The summed E-state index contributed by atoms with van der Waals surface area (Å²) in [5.74, 6) is 1.13. The first-order valence-corrected chi connectivity index (χ1v) is 7.91. The van der Waals surface area contributed by atoms with Gasteiger partial charge in [-0.05, 0) is 39.0 Å². The molecule has 1 atom stereocenters. The van der Waals surface area contributed by atoms with Crippen LogP contribution in [0.15, 0.2) is 27.8 Å². The molecule has 0 aliphatic heterocycles. The van der Waals surface area contributed by atoms with E-state index in [1.165, 1.54) is 18.9 Å². The first-order chi connectivity index (χ1) is 10.4. The number of carbonyl (C=O) groups excluding carboxylic acids is 1. The Morgan fingerprint density at radius 3 is 2.77 bits per heavy atom. The third-order valence-corrected chi connectivity index (χ3v) is 4.25. The zero-order valence-electron chi connectivity index (χ0n) is 12.8. The van der Waals surface area contributed by atoms with Gasteiger partial charge < -0.3 is 14.5 Å². The fourth-order valence-electron chi connectivity index (χ4n) is 1.71. The van der Waals surface area contributed by atoms with Crippen molar-refractivity contribution in [2.45, 2.75) is 31.2 Å². The topological polar surface area (TPSA) is 64.4 Å². The fourth-order valence-corrected chi connectivity index (χ4v) is 2.71. The van der Waals surface area contributed by atoms with Crippen molar-refractivity contribution >= 4 is 35.0 Å². The summed E-state index contributed by atoms with van der Waals surface area (Å²) >= 11 is 7.21. The number of rotatable bonds is 5. The molecular formula is C15H17ClN2O3S. The van der Waals surface area contributed by atoms with Gasteiger partial charge in [0.1, 0.15) is 11.5 Å². The van der Waals surface area contributed by atoms with E-state index in [0.717, 1.165) is 11.5 Å². The normalized spacial score (nSPS) is 12.0. The van der Waals surface area contributed by atoms with Crippen LogP contribution in [0.1, 0.15) is 18.4 Å². The Morgan fingerprint density at radius 1 is 1.45 bits per heavy atom. The Morgan fingerprint density at radius 2 is 2.18 bits per heavy atom. The third-order valence-electron chi connectivity index (χ3n) is 3.08. The fraction of sp³-hybridized carbons (Fsp3) is 0.333. The van der Waals surface area contributed by atoms with Crippen molar-refractivity contribution in [1.82, 2.24) is 4.98 Å². The van der Waals surface area contributed by atoms with Gasteiger partial charge in [0.05, 0.1) is 23.7 Å². The van der Waals surface area contributed by atoms with Crippen LogP contribution in [0.25, 0.3) is 0 Å². The molecule has 0 spiro atoms. The number of benzene rings is 1. The van der Waals surface area contributed by atoms with E-state index in [9.17, 15) is 4.79 Å². The zero-order chi connectivity index (χ0) is 16.3. The average molecular weight is 341 g/mol. The van der Waals surface area contributed by atoms with Gasteiger partial charge in [0.15, 0.2) is 0 Å². The molecule has 1 unspecified atom stereocenters. The summed E-state index contributed by atoms with van der Waals surface area (Å²) in [5, 5.41) is 3.44. The number of carbonyl (C=O) groups is 1. The van der Waals surface area contributed by atoms with Gasteiger partial charge in [-0.15, -0.1) is 0 Å². The molecule has 2 aromatic rings. The minimum absolute atomic E-state index is 0.181. The van der Waals surface area contributed by atoms with Crippen LogP contribution in [-0.2, 0) is 4.79 Å². The van der Waals surface area contributed by atoms with Gasteiger partial charge in [-0.3, -0.25) is 4.79 Å². The van der Waals surface area contributed by atoms with Crippen LogP contribution < -0.4 is 10.1 Å². The number of anilines is 1. The highest BCUT2D eigenvalue weighted by molar-refractivity contribution is 8.00. The van der Waals surface area contributed by atoms with Crippen molar-refractivity contribution in [2.24, 2.45) is 0 Å². The molecule has 0 aliphatic rings. The lowest BCUT2D eigenvalue weighted by Gasteiger charge is -2.13. The second-order valence-electron chi connectivity index (χ2n) is 4.72. The van der Waals surface area contributed by atoms with Gasteiger partial charge in [-0.1, -0.05) is 23.4 Å². The SMILES string of the molecule is COc1ccc(Cl)cc1NC(=O)C(C)Sc1nc(C)c(C)o1. The van der Waals surface area contributed by atoms with Crippen molar-refractivity contribution in [3.05, 3.63) is 34.7 Å². The average Bonchev–Trinajstić information content (AvgIpc) is 2.77. The van der Waals surface area contributed by atoms with Gasteiger partial charge in [0.25, 0.3) is 5.22 Å². The Labute approximate surface area is 138 Å². The molecule has 0 radical (unpaired) electrons. The monoisotopic (exact) mass is 340 g/mol. The summed E-state index contributed by atoms with van der Waals surface area (Å²) in [6, 6.07) is 5.05. The number of amides is 1. The number of aromatic nitrogens is 1. The minimum atomic E-state index is -0.374. The lowest BCUT2D eigenvalue weighted by atomic mass is 10.3. The molecular weight excluding hydrogens is 324 g/mol. The van der Waals surface area contributed by atoms with Gasteiger partial charge in [0, 0.05) is 5.02 Å². The number of hydrogen-bond acceptors (Lipinski definition) is 5. The summed E-state index contributed by atoms with van der Waals surface area (Å²) < 4.78 is 10.7. The highest BCUT2D eigenvalue weighted by atomic mass is 35.5. The summed E-state index contributed by atoms with van der Waals surface area (Å²) in [7, 11) is 1.54. The number of nitrogens with zero attached hydrogens (tertiary/aromatic N) is 1. The molecule has 1 N–H and O–H groups in total. The van der Waals surface area contributed by atoms with Crippen LogP contribution >= 0.6 is 23.4 Å². The summed E-state index contributed by atoms with van der Waals surface area (Å²) in [5.41, 5.74) is 1.36. The number of halogens is 1. The summed E-state index contributed by atoms with van der Waals surface area (Å²) in [4.78, 5) is 16.5. The van der Waals surface area contributed by atoms with E-state index in [1.807, 2.05) is 13.8 Å². The number of oxazole rings is 1. The van der Waals surface area contributed by atoms with Gasteiger partial charge in [-0.2, -0.15) is 0 Å². The second-order valence-corrected chi connectivity index (χ2v) is 6.44. The van der Waals surface area contributed by atoms with E-state index in [2.05, 4.69) is 10.3 Å². The molecule has 0 saturated heterocycles. The number of thioether (sulfide) groups is 1. The number of hydrogen-bond donors (Lipinski definition) is 1. The minimum Gasteiger partial charge on any atom is -0.495 e. The molecule has 5 nitrogen and oxygen atoms in total. The first-order valence-electron chi connectivity index (χ1n) is 6.65. The summed E-state index contributed by atoms with van der Waals surface area (Å²) in [6.45, 7) is 5.49. The molecule has 1 amide bonds. The van der Waals surface area contributed by atoms with Crippen LogP contribution in [0.2, 0.25) is 5.02 Å². The molecule has 0 fully saturated rings. The quantitative estimate of drug-likeness (QED) is 0.831. The van der Waals surface area contributed by atoms with Crippen LogP contribution in [0.5, 0.6) is 5.75 Å². The van der Waals surface area contributed by atoms with E-state index in [-0.39, 0.29) is 11.2 Å². The van der Waals surface area contributed by atoms with Crippen molar-refractivity contribution in [1.29, 1.82) is 0 Å². The molecule has 1 aromatic heterocycles. The highest BCUT2D eigenvalue weighted by Gasteiger charge is 2.19. The molecule has 7 heteroatoms. The van der Waals surface area contributed by atoms with Crippen molar-refractivity contribution < 1.29 is 13.9 Å². The number of nitrogens with one attached hydrogen (secondary N) is 1. The zero-order valence-corrected chi connectivity index (χ0v) is 14.3. The molecule has 2 rings (SSSR count). The standard InChI is InChI=1S/C15H17ClN2O3S/c1-8-9(2)21-15(17-8)22-10(3)14(19)18-12-7-11(16)5-6-13(12)20-4/h5-7,10H,1-4H3,(H,18,19). The smallest absolute Gasteiger partial charge is 0.256 e. The molecule has 1 aromatic carbocycles. The Hall–Kier alpha value is -1.66. The van der Waals surface area contributed by atoms with E-state index in [1.54, 1.807) is 25.1 Å². The maximum atomic E-state index is 12.3. The Balaban J connectivity index is 2.06. The highest BCUT2D eigenvalue weighted by Crippen LogP contribution is 2.30. The molecule has 0 saturated carbocycles. The van der Waals surface area contributed by atoms with E-state index in [4.69, 9.17) is 20.8 Å². The van der Waals surface area contributed by atoms with E-state index in [0.29, 0.717) is 21.7 Å². The van der Waals surface area contributed by atoms with Gasteiger partial charge >= 0.3 is 0 Å². The molecule has 0 aliphatic carbocycles. The van der Waals surface area contributed by atoms with Crippen LogP contribution in [-0.4, -0.2) is 23.3 Å². The second kappa shape index (κ2) is 7.07. The maximum Gasteiger partial charge on any atom is 0.256 e. The first kappa shape index (κ1) is 16.7. The maximum absolute atomic E-state index is 12.3. The molecule has 0 bridgehead atoms. The predicted octanol–water partition coefficient (Wildman–Crippen LogP) is 4.07. The van der Waals surface area contributed by atoms with Gasteiger partial charge in [0.2, 0.25) is 5.91 Å². The summed E-state index contributed by atoms with van der Waals surface area (Å²) in [6.07, 6.45) is 0. The van der Waals surface area contributed by atoms with E-state index < -0.39 is 0 Å². The van der Waals surface area contributed by atoms with Crippen molar-refractivity contribution in [3.8, 4) is 5.75 Å². The number of ether oxygens (including phenoxy) is 1. The van der Waals surface area contributed by atoms with Crippen molar-refractivity contribution in [2.75, 3.05) is 12.4 Å². The lowest BCUT2D eigenvalue weighted by molar-refractivity contribution is -0.115. The van der Waals surface area contributed by atoms with E-state index >= 15 is 0 Å². The van der Waals surface area contributed by atoms with Crippen molar-refractivity contribution in [3.63, 3.8) is 0 Å². The number of aryl methyl sites for hydroxylation is 2. The van der Waals surface area contributed by atoms with Crippen LogP contribution in [0, 0.1) is 13.8 Å².